The van der Waals surface area contributed by atoms with Gasteiger partial charge in [0.15, 0.2) is 11.1 Å². The molecule has 4 nitrogen and oxygen atoms in total. The van der Waals surface area contributed by atoms with E-state index in [1.807, 2.05) is 42.5 Å². The van der Waals surface area contributed by atoms with Crippen molar-refractivity contribution in [2.75, 3.05) is 18.2 Å². The molecule has 0 heterocycles. The van der Waals surface area contributed by atoms with Gasteiger partial charge >= 0.3 is 0 Å². The molecule has 130 valence electrons. The second-order valence-electron chi connectivity index (χ2n) is 5.55. The monoisotopic (exact) mass is 375 g/mol. The van der Waals surface area contributed by atoms with Crippen molar-refractivity contribution in [1.82, 2.24) is 0 Å². The van der Waals surface area contributed by atoms with Crippen molar-refractivity contribution in [2.24, 2.45) is 0 Å². The van der Waals surface area contributed by atoms with Gasteiger partial charge in [0, 0.05) is 11.8 Å². The highest BCUT2D eigenvalue weighted by atomic mass is 35.5. The topological polar surface area (TPSA) is 72.5 Å². The zero-order chi connectivity index (χ0) is 17.8. The summed E-state index contributed by atoms with van der Waals surface area (Å²) in [7, 11) is 0. The van der Waals surface area contributed by atoms with Crippen molar-refractivity contribution in [2.45, 2.75) is 5.25 Å². The number of anilines is 1. The molecule has 2 unspecified atom stereocenters. The van der Waals surface area contributed by atoms with Gasteiger partial charge in [-0.05, 0) is 28.0 Å². The summed E-state index contributed by atoms with van der Waals surface area (Å²) in [6.07, 6.45) is 0. The average Bonchev–Trinajstić information content (AvgIpc) is 2.62. The first-order valence-electron chi connectivity index (χ1n) is 7.77. The van der Waals surface area contributed by atoms with Gasteiger partial charge in [0.25, 0.3) is 0 Å². The second-order valence-corrected chi connectivity index (χ2v) is 6.95. The fourth-order valence-corrected chi connectivity index (χ4v) is 3.83. The van der Waals surface area contributed by atoms with Gasteiger partial charge in [0.05, 0.1) is 5.88 Å². The molecule has 3 aromatic rings. The minimum atomic E-state index is -2.13. The molecule has 6 heteroatoms. The molecule has 0 radical (unpaired) electrons. The number of fused-ring (bicyclic) bond motifs is 1. The summed E-state index contributed by atoms with van der Waals surface area (Å²) in [5.41, 5.74) is 7.92. The van der Waals surface area contributed by atoms with Crippen molar-refractivity contribution >= 4 is 39.1 Å². The number of hydrogen-bond donors (Lipinski definition) is 2. The fourth-order valence-electron chi connectivity index (χ4n) is 2.90. The summed E-state index contributed by atoms with van der Waals surface area (Å²) in [6, 6.07) is 18.6. The van der Waals surface area contributed by atoms with Crippen LogP contribution in [0, 0.1) is 0 Å². The normalized spacial score (nSPS) is 13.5. The highest BCUT2D eigenvalue weighted by Crippen LogP contribution is 2.36. The highest BCUT2D eigenvalue weighted by molar-refractivity contribution is 7.79. The van der Waals surface area contributed by atoms with Crippen molar-refractivity contribution in [3.63, 3.8) is 0 Å². The molecule has 0 aromatic heterocycles. The van der Waals surface area contributed by atoms with E-state index in [9.17, 15) is 8.76 Å². The maximum atomic E-state index is 12.2. The Hall–Kier alpha value is -2.08. The van der Waals surface area contributed by atoms with Crippen LogP contribution in [0.2, 0.25) is 0 Å². The van der Waals surface area contributed by atoms with Crippen molar-refractivity contribution in [1.29, 1.82) is 0 Å². The van der Waals surface area contributed by atoms with Crippen LogP contribution in [0.4, 0.5) is 5.69 Å². The van der Waals surface area contributed by atoms with E-state index >= 15 is 0 Å². The third-order valence-electron chi connectivity index (χ3n) is 3.99. The molecule has 0 aliphatic rings. The van der Waals surface area contributed by atoms with Gasteiger partial charge in [-0.2, -0.15) is 0 Å². The maximum absolute atomic E-state index is 12.2. The lowest BCUT2D eigenvalue weighted by molar-refractivity contribution is 0.343. The summed E-state index contributed by atoms with van der Waals surface area (Å²) in [5.74, 6) is 0.961. The molecule has 0 saturated heterocycles. The Balaban J connectivity index is 2.09. The third-order valence-corrected chi connectivity index (χ3v) is 5.06. The van der Waals surface area contributed by atoms with Gasteiger partial charge in [0.1, 0.15) is 17.6 Å². The fraction of sp³-hybridized carbons (Fsp3) is 0.158. The molecule has 0 aliphatic carbocycles. The number of ether oxygens (including phenoxy) is 1. The number of halogens is 1. The van der Waals surface area contributed by atoms with Crippen molar-refractivity contribution in [3.8, 4) is 5.75 Å². The lowest BCUT2D eigenvalue weighted by atomic mass is 9.97. The van der Waals surface area contributed by atoms with Crippen LogP contribution in [0.1, 0.15) is 16.4 Å². The number of benzene rings is 3. The Morgan fingerprint density at radius 1 is 1.08 bits per heavy atom. The molecule has 0 aliphatic heterocycles. The van der Waals surface area contributed by atoms with E-state index in [-0.39, 0.29) is 0 Å². The predicted molar refractivity (Wildman–Crippen MR) is 104 cm³/mol. The number of hydrogen-bond acceptors (Lipinski definition) is 3. The van der Waals surface area contributed by atoms with E-state index in [2.05, 4.69) is 0 Å². The molecule has 3 aromatic carbocycles. The van der Waals surface area contributed by atoms with Crippen LogP contribution in [0.3, 0.4) is 0 Å². The summed E-state index contributed by atoms with van der Waals surface area (Å²) < 4.78 is 27.6. The first-order valence-corrected chi connectivity index (χ1v) is 9.47. The zero-order valence-corrected chi connectivity index (χ0v) is 15.0. The van der Waals surface area contributed by atoms with Crippen LogP contribution in [0.25, 0.3) is 10.8 Å². The number of alkyl halides is 1. The first kappa shape index (κ1) is 17.7. The Labute approximate surface area is 153 Å². The lowest BCUT2D eigenvalue weighted by Crippen LogP contribution is -2.11. The molecule has 0 amide bonds. The quantitative estimate of drug-likeness (QED) is 0.381. The van der Waals surface area contributed by atoms with Crippen LogP contribution in [0.5, 0.6) is 5.75 Å². The molecule has 0 bridgehead atoms. The highest BCUT2D eigenvalue weighted by Gasteiger charge is 2.24. The molecule has 3 rings (SSSR count). The van der Waals surface area contributed by atoms with E-state index in [1.54, 1.807) is 18.2 Å². The number of nitrogen functional groups attached to an aromatic ring is 1. The van der Waals surface area contributed by atoms with Gasteiger partial charge in [-0.3, -0.25) is 0 Å². The third kappa shape index (κ3) is 3.79. The molecular weight excluding hydrogens is 358 g/mol. The largest absolute Gasteiger partial charge is 0.492 e. The Morgan fingerprint density at radius 2 is 1.84 bits per heavy atom. The molecule has 3 N–H and O–H groups in total. The van der Waals surface area contributed by atoms with E-state index in [0.29, 0.717) is 29.5 Å². The van der Waals surface area contributed by atoms with Crippen molar-refractivity contribution in [3.05, 3.63) is 71.8 Å². The van der Waals surface area contributed by atoms with E-state index in [1.165, 1.54) is 0 Å². The van der Waals surface area contributed by atoms with Crippen molar-refractivity contribution < 1.29 is 13.5 Å². The minimum absolute atomic E-state index is 0.374. The molecule has 0 spiro atoms. The predicted octanol–water partition coefficient (Wildman–Crippen LogP) is 4.35. The molecule has 25 heavy (non-hydrogen) atoms. The summed E-state index contributed by atoms with van der Waals surface area (Å²) in [6.45, 7) is 0.374. The van der Waals surface area contributed by atoms with Crippen LogP contribution in [-0.4, -0.2) is 21.2 Å². The van der Waals surface area contributed by atoms with Crippen LogP contribution < -0.4 is 10.5 Å². The van der Waals surface area contributed by atoms with E-state index < -0.39 is 16.3 Å². The number of nitrogens with two attached hydrogens (primary N) is 1. The summed E-state index contributed by atoms with van der Waals surface area (Å²) in [4.78, 5) is 0. The first-order chi connectivity index (χ1) is 12.1. The molecule has 0 saturated carbocycles. The summed E-state index contributed by atoms with van der Waals surface area (Å²) in [5, 5.41) is 1.20. The standard InChI is InChI=1S/C19H18ClNO3S/c20-10-11-24-14-8-9-17(18(21)12-14)19(25(22)23)16-7-3-5-13-4-1-2-6-15(13)16/h1-9,12,19H,10-11,21H2,(H,22,23). The molecule has 2 atom stereocenters. The van der Waals surface area contributed by atoms with Gasteiger partial charge in [-0.15, -0.1) is 11.6 Å². The van der Waals surface area contributed by atoms with Gasteiger partial charge < -0.3 is 15.0 Å². The maximum Gasteiger partial charge on any atom is 0.165 e. The van der Waals surface area contributed by atoms with Crippen LogP contribution in [-0.2, 0) is 11.1 Å². The Kier molecular flexibility index (Phi) is 5.58. The van der Waals surface area contributed by atoms with Gasteiger partial charge in [-0.1, -0.05) is 48.5 Å². The van der Waals surface area contributed by atoms with Gasteiger partial charge in [0.2, 0.25) is 0 Å². The van der Waals surface area contributed by atoms with E-state index in [0.717, 1.165) is 16.3 Å². The van der Waals surface area contributed by atoms with Crippen LogP contribution >= 0.6 is 11.6 Å². The van der Waals surface area contributed by atoms with E-state index in [4.69, 9.17) is 22.1 Å². The Morgan fingerprint density at radius 3 is 2.56 bits per heavy atom. The number of rotatable bonds is 6. The zero-order valence-electron chi connectivity index (χ0n) is 13.4. The summed E-state index contributed by atoms with van der Waals surface area (Å²) >= 11 is 3.50. The van der Waals surface area contributed by atoms with Crippen LogP contribution in [0.15, 0.2) is 60.7 Å². The SMILES string of the molecule is Nc1cc(OCCCl)ccc1C(c1cccc2ccccc12)S(=O)O. The molecule has 0 fully saturated rings. The Bertz CT molecular complexity index is 911. The second kappa shape index (κ2) is 7.87. The average molecular weight is 376 g/mol. The minimum Gasteiger partial charge on any atom is -0.492 e. The molecular formula is C19H18ClNO3S. The van der Waals surface area contributed by atoms with Gasteiger partial charge in [-0.25, -0.2) is 4.21 Å². The smallest absolute Gasteiger partial charge is 0.165 e. The lowest BCUT2D eigenvalue weighted by Gasteiger charge is -2.19.